The Morgan fingerprint density at radius 3 is 2.65 bits per heavy atom. The number of rotatable bonds is 3. The van der Waals surface area contributed by atoms with Gasteiger partial charge in [0.15, 0.2) is 0 Å². The molecule has 0 saturated carbocycles. The minimum atomic E-state index is -0.493. The molecule has 0 bridgehead atoms. The number of amides is 1. The second-order valence-corrected chi connectivity index (χ2v) is 4.26. The topological polar surface area (TPSA) is 59.1 Å². The van der Waals surface area contributed by atoms with Gasteiger partial charge >= 0.3 is 5.97 Å². The summed E-state index contributed by atoms with van der Waals surface area (Å²) in [5, 5.41) is 0. The summed E-state index contributed by atoms with van der Waals surface area (Å²) in [7, 11) is 4.74. The second kappa shape index (κ2) is 5.97. The van der Waals surface area contributed by atoms with Gasteiger partial charge in [0.1, 0.15) is 6.04 Å². The molecule has 1 rings (SSSR count). The third-order valence-corrected chi connectivity index (χ3v) is 2.94. The van der Waals surface area contributed by atoms with Crippen molar-refractivity contribution in [3.05, 3.63) is 0 Å². The summed E-state index contributed by atoms with van der Waals surface area (Å²) in [6.45, 7) is 3.15. The number of esters is 1. The summed E-state index contributed by atoms with van der Waals surface area (Å²) >= 11 is 0. The summed E-state index contributed by atoms with van der Waals surface area (Å²) in [5.41, 5.74) is 0. The number of methoxy groups -OCH3 is 1. The number of hydrogen-bond acceptors (Lipinski definition) is 5. The Morgan fingerprint density at radius 1 is 1.47 bits per heavy atom. The van der Waals surface area contributed by atoms with Crippen LogP contribution in [-0.2, 0) is 19.1 Å². The molecule has 2 atom stereocenters. The van der Waals surface area contributed by atoms with E-state index in [4.69, 9.17) is 9.47 Å². The van der Waals surface area contributed by atoms with Gasteiger partial charge in [-0.15, -0.1) is 0 Å². The van der Waals surface area contributed by atoms with E-state index in [9.17, 15) is 9.59 Å². The molecule has 0 aromatic carbocycles. The predicted octanol–water partition coefficient (Wildman–Crippen LogP) is -0.663. The molecule has 0 aliphatic carbocycles. The van der Waals surface area contributed by atoms with Crippen LogP contribution in [-0.4, -0.2) is 74.7 Å². The zero-order valence-corrected chi connectivity index (χ0v) is 10.8. The quantitative estimate of drug-likeness (QED) is 0.617. The Morgan fingerprint density at radius 2 is 2.12 bits per heavy atom. The number of ether oxygens (including phenoxy) is 2. The molecule has 0 N–H and O–H groups in total. The van der Waals surface area contributed by atoms with Gasteiger partial charge in [-0.1, -0.05) is 0 Å². The van der Waals surface area contributed by atoms with Gasteiger partial charge in [-0.3, -0.25) is 14.5 Å². The van der Waals surface area contributed by atoms with E-state index in [1.165, 1.54) is 12.0 Å². The minimum absolute atomic E-state index is 0.0270. The van der Waals surface area contributed by atoms with Crippen molar-refractivity contribution < 1.29 is 19.1 Å². The van der Waals surface area contributed by atoms with Crippen molar-refractivity contribution in [2.45, 2.75) is 19.0 Å². The van der Waals surface area contributed by atoms with Crippen molar-refractivity contribution in [3.63, 3.8) is 0 Å². The lowest BCUT2D eigenvalue weighted by Gasteiger charge is -2.37. The molecule has 1 aliphatic rings. The third-order valence-electron chi connectivity index (χ3n) is 2.94. The highest BCUT2D eigenvalue weighted by molar-refractivity contribution is 5.83. The molecule has 0 aromatic heterocycles. The van der Waals surface area contributed by atoms with Crippen LogP contribution in [0.4, 0.5) is 0 Å². The minimum Gasteiger partial charge on any atom is -0.468 e. The third kappa shape index (κ3) is 3.17. The van der Waals surface area contributed by atoms with Crippen LogP contribution in [0.15, 0.2) is 0 Å². The smallest absolute Gasteiger partial charge is 0.325 e. The van der Waals surface area contributed by atoms with Gasteiger partial charge in [0.25, 0.3) is 0 Å². The molecular formula is C11H20N2O4. The number of nitrogens with zero attached hydrogens (tertiary/aromatic N) is 2. The van der Waals surface area contributed by atoms with Crippen molar-refractivity contribution in [3.8, 4) is 0 Å². The molecule has 0 spiro atoms. The first-order valence-corrected chi connectivity index (χ1v) is 5.61. The summed E-state index contributed by atoms with van der Waals surface area (Å²) < 4.78 is 9.98. The molecule has 1 amide bonds. The van der Waals surface area contributed by atoms with Crippen molar-refractivity contribution in [2.24, 2.45) is 0 Å². The zero-order valence-electron chi connectivity index (χ0n) is 10.8. The fourth-order valence-electron chi connectivity index (χ4n) is 1.94. The van der Waals surface area contributed by atoms with Gasteiger partial charge in [-0.25, -0.2) is 0 Å². The van der Waals surface area contributed by atoms with Crippen molar-refractivity contribution in [1.29, 1.82) is 0 Å². The Kier molecular flexibility index (Phi) is 4.89. The highest BCUT2D eigenvalue weighted by Gasteiger charge is 2.36. The molecule has 98 valence electrons. The molecular weight excluding hydrogens is 224 g/mol. The maximum atomic E-state index is 11.9. The van der Waals surface area contributed by atoms with Crippen LogP contribution in [0.1, 0.15) is 6.92 Å². The normalized spacial score (nSPS) is 22.9. The van der Waals surface area contributed by atoms with E-state index in [-0.39, 0.29) is 24.5 Å². The Labute approximate surface area is 101 Å². The lowest BCUT2D eigenvalue weighted by atomic mass is 10.1. The first-order valence-electron chi connectivity index (χ1n) is 5.61. The highest BCUT2D eigenvalue weighted by Crippen LogP contribution is 2.13. The fourth-order valence-corrected chi connectivity index (χ4v) is 1.94. The Balaban J connectivity index is 2.77. The molecule has 0 aromatic rings. The standard InChI is InChI=1S/C11H20N2O4/c1-8(10(14)12(2)3)13-5-6-17-7-9(13)11(15)16-4/h8-9H,5-7H2,1-4H3. The van der Waals surface area contributed by atoms with E-state index < -0.39 is 6.04 Å². The maximum Gasteiger partial charge on any atom is 0.325 e. The molecule has 17 heavy (non-hydrogen) atoms. The van der Waals surface area contributed by atoms with Gasteiger partial charge in [-0.2, -0.15) is 0 Å². The maximum absolute atomic E-state index is 11.9. The Bertz CT molecular complexity index is 293. The number of morpholine rings is 1. The van der Waals surface area contributed by atoms with Crippen LogP contribution >= 0.6 is 0 Å². The molecule has 1 aliphatic heterocycles. The van der Waals surface area contributed by atoms with Gasteiger partial charge in [0, 0.05) is 20.6 Å². The number of hydrogen-bond donors (Lipinski definition) is 0. The van der Waals surface area contributed by atoms with Gasteiger partial charge < -0.3 is 14.4 Å². The Hall–Kier alpha value is -1.14. The molecule has 2 unspecified atom stereocenters. The predicted molar refractivity (Wildman–Crippen MR) is 61.5 cm³/mol. The molecule has 1 fully saturated rings. The number of carbonyl (C=O) groups is 2. The lowest BCUT2D eigenvalue weighted by molar-refractivity contribution is -0.157. The molecule has 6 nitrogen and oxygen atoms in total. The van der Waals surface area contributed by atoms with Crippen molar-refractivity contribution in [2.75, 3.05) is 41.0 Å². The van der Waals surface area contributed by atoms with E-state index >= 15 is 0 Å². The second-order valence-electron chi connectivity index (χ2n) is 4.26. The average Bonchev–Trinajstić information content (AvgIpc) is 2.35. The van der Waals surface area contributed by atoms with Crippen LogP contribution < -0.4 is 0 Å². The monoisotopic (exact) mass is 244 g/mol. The van der Waals surface area contributed by atoms with Crippen LogP contribution in [0.3, 0.4) is 0 Å². The van der Waals surface area contributed by atoms with E-state index in [1.54, 1.807) is 21.0 Å². The van der Waals surface area contributed by atoms with Crippen LogP contribution in [0, 0.1) is 0 Å². The van der Waals surface area contributed by atoms with Crippen molar-refractivity contribution >= 4 is 11.9 Å². The van der Waals surface area contributed by atoms with Crippen LogP contribution in [0.2, 0.25) is 0 Å². The summed E-state index contributed by atoms with van der Waals surface area (Å²) in [6, 6.07) is -0.842. The highest BCUT2D eigenvalue weighted by atomic mass is 16.5. The first kappa shape index (κ1) is 13.9. The van der Waals surface area contributed by atoms with Crippen LogP contribution in [0.5, 0.6) is 0 Å². The fraction of sp³-hybridized carbons (Fsp3) is 0.818. The van der Waals surface area contributed by atoms with E-state index in [1.807, 2.05) is 4.90 Å². The summed E-state index contributed by atoms with van der Waals surface area (Å²) in [4.78, 5) is 26.8. The first-order chi connectivity index (χ1) is 7.99. The van der Waals surface area contributed by atoms with E-state index in [0.717, 1.165) is 0 Å². The SMILES string of the molecule is COC(=O)C1COCCN1C(C)C(=O)N(C)C. The number of carbonyl (C=O) groups excluding carboxylic acids is 2. The zero-order chi connectivity index (χ0) is 13.0. The summed E-state index contributed by atoms with van der Waals surface area (Å²) in [5.74, 6) is -0.385. The molecule has 0 radical (unpaired) electrons. The molecule has 6 heteroatoms. The molecule has 1 saturated heterocycles. The molecule has 1 heterocycles. The van der Waals surface area contributed by atoms with E-state index in [0.29, 0.717) is 13.2 Å². The summed E-state index contributed by atoms with van der Waals surface area (Å²) in [6.07, 6.45) is 0. The largest absolute Gasteiger partial charge is 0.468 e. The number of likely N-dealkylation sites (N-methyl/N-ethyl adjacent to an activating group) is 1. The van der Waals surface area contributed by atoms with Gasteiger partial charge in [0.05, 0.1) is 26.4 Å². The van der Waals surface area contributed by atoms with Gasteiger partial charge in [0.2, 0.25) is 5.91 Å². The lowest BCUT2D eigenvalue weighted by Crippen LogP contribution is -2.57. The van der Waals surface area contributed by atoms with Gasteiger partial charge in [-0.05, 0) is 6.92 Å². The average molecular weight is 244 g/mol. The van der Waals surface area contributed by atoms with E-state index in [2.05, 4.69) is 0 Å². The van der Waals surface area contributed by atoms with Crippen LogP contribution in [0.25, 0.3) is 0 Å². The van der Waals surface area contributed by atoms with Crippen molar-refractivity contribution in [1.82, 2.24) is 9.80 Å².